The third-order valence-electron chi connectivity index (χ3n) is 5.51. The Kier molecular flexibility index (Phi) is 20.8. The molecule has 0 spiro atoms. The van der Waals surface area contributed by atoms with Gasteiger partial charge in [-0.25, -0.2) is 0 Å². The zero-order chi connectivity index (χ0) is 21.6. The van der Waals surface area contributed by atoms with Crippen LogP contribution in [0.1, 0.15) is 116 Å². The molecule has 1 N–H and O–H groups in total. The topological polar surface area (TPSA) is 64.6 Å². The van der Waals surface area contributed by atoms with E-state index in [-0.39, 0.29) is 6.42 Å². The standard InChI is InChI=1S/C24H47NO4/c1-4-5-6-7-8-9-10-11-12-13-14-15-16-17-18-19-20-25-22(24(27)29-3)21-23(26)28-2/h22,25H,4-21H2,1-3H3. The first-order valence-corrected chi connectivity index (χ1v) is 12.0. The van der Waals surface area contributed by atoms with Gasteiger partial charge in [-0.2, -0.15) is 0 Å². The highest BCUT2D eigenvalue weighted by atomic mass is 16.5. The van der Waals surface area contributed by atoms with E-state index in [0.717, 1.165) is 19.4 Å². The fraction of sp³-hybridized carbons (Fsp3) is 0.917. The lowest BCUT2D eigenvalue weighted by molar-refractivity contribution is -0.149. The van der Waals surface area contributed by atoms with E-state index in [1.165, 1.54) is 104 Å². The van der Waals surface area contributed by atoms with Crippen LogP contribution in [-0.4, -0.2) is 38.7 Å². The Morgan fingerprint density at radius 3 is 1.45 bits per heavy atom. The van der Waals surface area contributed by atoms with E-state index in [2.05, 4.69) is 17.0 Å². The highest BCUT2D eigenvalue weighted by Crippen LogP contribution is 2.13. The minimum absolute atomic E-state index is 0.0159. The molecule has 0 saturated heterocycles. The number of methoxy groups -OCH3 is 2. The largest absolute Gasteiger partial charge is 0.469 e. The van der Waals surface area contributed by atoms with Crippen molar-refractivity contribution in [3.8, 4) is 0 Å². The van der Waals surface area contributed by atoms with Crippen LogP contribution in [0.2, 0.25) is 0 Å². The van der Waals surface area contributed by atoms with Gasteiger partial charge in [-0.15, -0.1) is 0 Å². The van der Waals surface area contributed by atoms with E-state index in [1.54, 1.807) is 0 Å². The maximum Gasteiger partial charge on any atom is 0.323 e. The number of hydrogen-bond acceptors (Lipinski definition) is 5. The second kappa shape index (κ2) is 21.6. The molecular formula is C24H47NO4. The van der Waals surface area contributed by atoms with Gasteiger partial charge in [0, 0.05) is 0 Å². The molecule has 5 nitrogen and oxygen atoms in total. The van der Waals surface area contributed by atoms with Crippen LogP contribution >= 0.6 is 0 Å². The first-order valence-electron chi connectivity index (χ1n) is 12.0. The van der Waals surface area contributed by atoms with Crippen LogP contribution < -0.4 is 5.32 Å². The highest BCUT2D eigenvalue weighted by Gasteiger charge is 2.22. The molecule has 0 aliphatic carbocycles. The SMILES string of the molecule is CCCCCCCCCCCCCCCCCCNC(CC(=O)OC)C(=O)OC. The summed E-state index contributed by atoms with van der Waals surface area (Å²) in [5.74, 6) is -0.813. The normalized spacial score (nSPS) is 12.0. The molecule has 0 rings (SSSR count). The minimum atomic E-state index is -0.608. The summed E-state index contributed by atoms with van der Waals surface area (Å²) in [4.78, 5) is 23.0. The van der Waals surface area contributed by atoms with Gasteiger partial charge in [0.15, 0.2) is 0 Å². The molecule has 0 bridgehead atoms. The van der Waals surface area contributed by atoms with Gasteiger partial charge in [0.2, 0.25) is 0 Å². The van der Waals surface area contributed by atoms with Crippen LogP contribution in [0.15, 0.2) is 0 Å². The van der Waals surface area contributed by atoms with E-state index >= 15 is 0 Å². The van der Waals surface area contributed by atoms with Crippen molar-refractivity contribution < 1.29 is 19.1 Å². The molecule has 0 aliphatic rings. The molecule has 29 heavy (non-hydrogen) atoms. The van der Waals surface area contributed by atoms with Gasteiger partial charge >= 0.3 is 11.9 Å². The van der Waals surface area contributed by atoms with Gasteiger partial charge in [-0.05, 0) is 13.0 Å². The molecule has 0 heterocycles. The van der Waals surface area contributed by atoms with Crippen LogP contribution in [0, 0.1) is 0 Å². The lowest BCUT2D eigenvalue weighted by Crippen LogP contribution is -2.40. The van der Waals surface area contributed by atoms with E-state index in [0.29, 0.717) is 0 Å². The van der Waals surface area contributed by atoms with Gasteiger partial charge < -0.3 is 14.8 Å². The van der Waals surface area contributed by atoms with Crippen molar-refractivity contribution in [2.45, 2.75) is 122 Å². The molecule has 0 amide bonds. The summed E-state index contributed by atoms with van der Waals surface area (Å²) in [6.45, 7) is 2.99. The zero-order valence-electron chi connectivity index (χ0n) is 19.4. The van der Waals surface area contributed by atoms with Crippen molar-refractivity contribution >= 4 is 11.9 Å². The summed E-state index contributed by atoms with van der Waals surface area (Å²) < 4.78 is 9.36. The van der Waals surface area contributed by atoms with Crippen LogP contribution in [0.25, 0.3) is 0 Å². The lowest BCUT2D eigenvalue weighted by Gasteiger charge is -2.15. The quantitative estimate of drug-likeness (QED) is 0.186. The first kappa shape index (κ1) is 27.9. The maximum atomic E-state index is 11.7. The molecule has 5 heteroatoms. The number of nitrogens with one attached hydrogen (secondary N) is 1. The van der Waals surface area contributed by atoms with Crippen molar-refractivity contribution in [3.63, 3.8) is 0 Å². The van der Waals surface area contributed by atoms with E-state index < -0.39 is 18.0 Å². The van der Waals surface area contributed by atoms with Gasteiger partial charge in [-0.1, -0.05) is 103 Å². The summed E-state index contributed by atoms with van der Waals surface area (Å²) >= 11 is 0. The number of hydrogen-bond donors (Lipinski definition) is 1. The Labute approximate surface area is 179 Å². The number of esters is 2. The summed E-state index contributed by atoms with van der Waals surface area (Å²) in [6, 6.07) is -0.608. The Bertz CT molecular complexity index is 387. The minimum Gasteiger partial charge on any atom is -0.469 e. The zero-order valence-corrected chi connectivity index (χ0v) is 19.4. The monoisotopic (exact) mass is 413 g/mol. The second-order valence-electron chi connectivity index (χ2n) is 8.11. The maximum absolute atomic E-state index is 11.7. The van der Waals surface area contributed by atoms with E-state index in [4.69, 9.17) is 4.74 Å². The summed E-state index contributed by atoms with van der Waals surface area (Å²) in [6.07, 6.45) is 21.4. The van der Waals surface area contributed by atoms with E-state index in [9.17, 15) is 9.59 Å². The van der Waals surface area contributed by atoms with Crippen LogP contribution in [0.3, 0.4) is 0 Å². The number of carbonyl (C=O) groups is 2. The summed E-state index contributed by atoms with van der Waals surface area (Å²) in [7, 11) is 2.66. The van der Waals surface area contributed by atoms with Gasteiger partial charge in [0.25, 0.3) is 0 Å². The predicted molar refractivity (Wildman–Crippen MR) is 120 cm³/mol. The molecule has 1 unspecified atom stereocenters. The van der Waals surface area contributed by atoms with Crippen LogP contribution in [0.4, 0.5) is 0 Å². The van der Waals surface area contributed by atoms with E-state index in [1.807, 2.05) is 0 Å². The fourth-order valence-corrected chi connectivity index (χ4v) is 3.58. The Morgan fingerprint density at radius 2 is 1.07 bits per heavy atom. The first-order chi connectivity index (χ1) is 14.2. The van der Waals surface area contributed by atoms with Gasteiger partial charge in [0.05, 0.1) is 20.6 Å². The number of ether oxygens (including phenoxy) is 2. The average molecular weight is 414 g/mol. The van der Waals surface area contributed by atoms with Crippen molar-refractivity contribution in [2.24, 2.45) is 0 Å². The Hall–Kier alpha value is -1.10. The Morgan fingerprint density at radius 1 is 0.655 bits per heavy atom. The van der Waals surface area contributed by atoms with Crippen LogP contribution in [-0.2, 0) is 19.1 Å². The molecule has 0 fully saturated rings. The number of rotatable bonds is 21. The molecular weight excluding hydrogens is 366 g/mol. The molecule has 0 radical (unpaired) electrons. The van der Waals surface area contributed by atoms with Gasteiger partial charge in [0.1, 0.15) is 6.04 Å². The van der Waals surface area contributed by atoms with Gasteiger partial charge in [-0.3, -0.25) is 9.59 Å². The summed E-state index contributed by atoms with van der Waals surface area (Å²) in [5.41, 5.74) is 0. The molecule has 0 aromatic heterocycles. The van der Waals surface area contributed by atoms with Crippen molar-refractivity contribution in [2.75, 3.05) is 20.8 Å². The molecule has 0 saturated carbocycles. The smallest absolute Gasteiger partial charge is 0.323 e. The van der Waals surface area contributed by atoms with Crippen LogP contribution in [0.5, 0.6) is 0 Å². The number of carbonyl (C=O) groups excluding carboxylic acids is 2. The molecule has 1 atom stereocenters. The second-order valence-corrected chi connectivity index (χ2v) is 8.11. The molecule has 0 aromatic carbocycles. The lowest BCUT2D eigenvalue weighted by atomic mass is 10.0. The summed E-state index contributed by atoms with van der Waals surface area (Å²) in [5, 5.41) is 3.11. The third kappa shape index (κ3) is 18.7. The average Bonchev–Trinajstić information content (AvgIpc) is 2.74. The molecule has 0 aliphatic heterocycles. The fourth-order valence-electron chi connectivity index (χ4n) is 3.58. The van der Waals surface area contributed by atoms with Crippen molar-refractivity contribution in [3.05, 3.63) is 0 Å². The predicted octanol–water partition coefficient (Wildman–Crippen LogP) is 5.94. The number of unbranched alkanes of at least 4 members (excludes halogenated alkanes) is 15. The molecule has 0 aromatic rings. The molecule has 172 valence electrons. The Balaban J connectivity index is 3.39. The van der Waals surface area contributed by atoms with Crippen molar-refractivity contribution in [1.29, 1.82) is 0 Å². The van der Waals surface area contributed by atoms with Crippen molar-refractivity contribution in [1.82, 2.24) is 5.32 Å². The highest BCUT2D eigenvalue weighted by molar-refractivity contribution is 5.82. The third-order valence-corrected chi connectivity index (χ3v) is 5.51.